The lowest BCUT2D eigenvalue weighted by atomic mass is 9.94. The van der Waals surface area contributed by atoms with Gasteiger partial charge in [-0.05, 0) is 52.6 Å². The van der Waals surface area contributed by atoms with Gasteiger partial charge in [0.05, 0.1) is 7.11 Å². The predicted molar refractivity (Wildman–Crippen MR) is 89.5 cm³/mol. The number of hydrogen-bond donors (Lipinski definition) is 1. The summed E-state index contributed by atoms with van der Waals surface area (Å²) in [6.45, 7) is 16.0. The Labute approximate surface area is 131 Å². The Hall–Kier alpha value is -0.610. The minimum absolute atomic E-state index is 0.166. The fourth-order valence-electron chi connectivity index (χ4n) is 2.70. The van der Waals surface area contributed by atoms with Crippen LogP contribution in [0.2, 0.25) is 0 Å². The van der Waals surface area contributed by atoms with Crippen molar-refractivity contribution in [3.05, 3.63) is 0 Å². The van der Waals surface area contributed by atoms with Crippen LogP contribution >= 0.6 is 0 Å². The highest BCUT2D eigenvalue weighted by atomic mass is 16.5. The molecule has 4 nitrogen and oxygen atoms in total. The topological polar surface area (TPSA) is 41.6 Å². The first kappa shape index (κ1) is 20.4. The van der Waals surface area contributed by atoms with Gasteiger partial charge in [0, 0.05) is 12.6 Å². The summed E-state index contributed by atoms with van der Waals surface area (Å²) < 4.78 is 4.97. The van der Waals surface area contributed by atoms with Gasteiger partial charge in [-0.1, -0.05) is 27.2 Å². The number of hydrogen-bond acceptors (Lipinski definition) is 4. The summed E-state index contributed by atoms with van der Waals surface area (Å²) in [6.07, 6.45) is 3.01. The SMILES string of the molecule is CCC(C)CN(CC)CCCC(C)(NC(C)C)C(=O)OC. The molecule has 0 rings (SSSR count). The van der Waals surface area contributed by atoms with Crippen molar-refractivity contribution in [2.24, 2.45) is 5.92 Å². The lowest BCUT2D eigenvalue weighted by molar-refractivity contribution is -0.148. The fraction of sp³-hybridized carbons (Fsp3) is 0.941. The highest BCUT2D eigenvalue weighted by Crippen LogP contribution is 2.16. The molecule has 21 heavy (non-hydrogen) atoms. The quantitative estimate of drug-likeness (QED) is 0.595. The van der Waals surface area contributed by atoms with Gasteiger partial charge < -0.3 is 9.64 Å². The second-order valence-corrected chi connectivity index (χ2v) is 6.63. The smallest absolute Gasteiger partial charge is 0.325 e. The lowest BCUT2D eigenvalue weighted by Gasteiger charge is -2.31. The predicted octanol–water partition coefficient (Wildman–Crippen LogP) is 3.06. The molecule has 0 aromatic carbocycles. The van der Waals surface area contributed by atoms with E-state index in [0.29, 0.717) is 0 Å². The molecule has 0 heterocycles. The zero-order chi connectivity index (χ0) is 16.5. The molecule has 0 amide bonds. The van der Waals surface area contributed by atoms with E-state index in [1.807, 2.05) is 6.92 Å². The molecular weight excluding hydrogens is 264 g/mol. The first-order valence-corrected chi connectivity index (χ1v) is 8.37. The van der Waals surface area contributed by atoms with Crippen LogP contribution in [0.1, 0.15) is 60.8 Å². The number of carbonyl (C=O) groups excluding carboxylic acids is 1. The van der Waals surface area contributed by atoms with Crippen molar-refractivity contribution in [2.75, 3.05) is 26.7 Å². The maximum Gasteiger partial charge on any atom is 0.325 e. The Morgan fingerprint density at radius 2 is 1.90 bits per heavy atom. The van der Waals surface area contributed by atoms with Crippen LogP contribution in [0, 0.1) is 5.92 Å². The molecule has 0 saturated carbocycles. The summed E-state index contributed by atoms with van der Waals surface area (Å²) >= 11 is 0. The summed E-state index contributed by atoms with van der Waals surface area (Å²) in [6, 6.07) is 0.261. The third-order valence-electron chi connectivity index (χ3n) is 4.11. The van der Waals surface area contributed by atoms with E-state index in [4.69, 9.17) is 4.74 Å². The molecule has 0 fully saturated rings. The van der Waals surface area contributed by atoms with E-state index in [-0.39, 0.29) is 12.0 Å². The van der Waals surface area contributed by atoms with Crippen LogP contribution in [0.3, 0.4) is 0 Å². The molecule has 2 atom stereocenters. The first-order chi connectivity index (χ1) is 9.78. The molecule has 126 valence electrons. The number of rotatable bonds is 11. The highest BCUT2D eigenvalue weighted by Gasteiger charge is 2.34. The normalized spacial score (nSPS) is 16.0. The first-order valence-electron chi connectivity index (χ1n) is 8.37. The summed E-state index contributed by atoms with van der Waals surface area (Å²) in [5.41, 5.74) is -0.585. The number of esters is 1. The van der Waals surface area contributed by atoms with Crippen LogP contribution in [0.4, 0.5) is 0 Å². The average molecular weight is 300 g/mol. The number of nitrogens with one attached hydrogen (secondary N) is 1. The minimum Gasteiger partial charge on any atom is -0.468 e. The molecule has 0 aromatic rings. The van der Waals surface area contributed by atoms with Gasteiger partial charge in [0.15, 0.2) is 0 Å². The Balaban J connectivity index is 4.44. The van der Waals surface area contributed by atoms with Crippen molar-refractivity contribution in [2.45, 2.75) is 72.4 Å². The van der Waals surface area contributed by atoms with Gasteiger partial charge in [0.25, 0.3) is 0 Å². The molecule has 0 bridgehead atoms. The number of ether oxygens (including phenoxy) is 1. The third kappa shape index (κ3) is 7.82. The molecule has 0 spiro atoms. The van der Waals surface area contributed by atoms with Crippen LogP contribution in [-0.4, -0.2) is 49.2 Å². The largest absolute Gasteiger partial charge is 0.468 e. The summed E-state index contributed by atoms with van der Waals surface area (Å²) in [5, 5.41) is 3.36. The van der Waals surface area contributed by atoms with Crippen LogP contribution in [0.15, 0.2) is 0 Å². The maximum atomic E-state index is 12.0. The molecule has 0 radical (unpaired) electrons. The van der Waals surface area contributed by atoms with Gasteiger partial charge in [0.1, 0.15) is 5.54 Å². The monoisotopic (exact) mass is 300 g/mol. The molecule has 0 saturated heterocycles. The van der Waals surface area contributed by atoms with E-state index in [2.05, 4.69) is 44.8 Å². The van der Waals surface area contributed by atoms with Crippen molar-refractivity contribution in [3.63, 3.8) is 0 Å². The molecule has 0 aromatic heterocycles. The van der Waals surface area contributed by atoms with E-state index >= 15 is 0 Å². The summed E-state index contributed by atoms with van der Waals surface area (Å²) in [5.74, 6) is 0.562. The van der Waals surface area contributed by atoms with E-state index in [9.17, 15) is 4.79 Å². The van der Waals surface area contributed by atoms with Gasteiger partial charge in [-0.25, -0.2) is 0 Å². The third-order valence-corrected chi connectivity index (χ3v) is 4.11. The van der Waals surface area contributed by atoms with Crippen LogP contribution in [0.5, 0.6) is 0 Å². The van der Waals surface area contributed by atoms with E-state index < -0.39 is 5.54 Å². The molecule has 2 unspecified atom stereocenters. The minimum atomic E-state index is -0.585. The van der Waals surface area contributed by atoms with Gasteiger partial charge in [-0.15, -0.1) is 0 Å². The van der Waals surface area contributed by atoms with Gasteiger partial charge in [0.2, 0.25) is 0 Å². The number of methoxy groups -OCH3 is 1. The number of nitrogens with zero attached hydrogens (tertiary/aromatic N) is 1. The molecule has 1 N–H and O–H groups in total. The van der Waals surface area contributed by atoms with Crippen molar-refractivity contribution in [3.8, 4) is 0 Å². The molecule has 0 aliphatic heterocycles. The zero-order valence-corrected chi connectivity index (χ0v) is 15.2. The second kappa shape index (κ2) is 10.2. The Morgan fingerprint density at radius 1 is 1.29 bits per heavy atom. The zero-order valence-electron chi connectivity index (χ0n) is 15.2. The highest BCUT2D eigenvalue weighted by molar-refractivity contribution is 5.80. The fourth-order valence-corrected chi connectivity index (χ4v) is 2.70. The van der Waals surface area contributed by atoms with Crippen LogP contribution in [0.25, 0.3) is 0 Å². The van der Waals surface area contributed by atoms with Crippen LogP contribution in [-0.2, 0) is 9.53 Å². The van der Waals surface area contributed by atoms with Gasteiger partial charge in [-0.2, -0.15) is 0 Å². The lowest BCUT2D eigenvalue weighted by Crippen LogP contribution is -2.53. The van der Waals surface area contributed by atoms with Crippen LogP contribution < -0.4 is 5.32 Å². The molecular formula is C17H36N2O2. The Morgan fingerprint density at radius 3 is 2.33 bits per heavy atom. The van der Waals surface area contributed by atoms with E-state index in [1.54, 1.807) is 0 Å². The van der Waals surface area contributed by atoms with Gasteiger partial charge in [-0.3, -0.25) is 10.1 Å². The second-order valence-electron chi connectivity index (χ2n) is 6.63. The van der Waals surface area contributed by atoms with E-state index in [0.717, 1.165) is 38.4 Å². The standard InChI is InChI=1S/C17H36N2O2/c1-8-15(5)13-19(9-2)12-10-11-17(6,16(20)21-7)18-14(3)4/h14-15,18H,8-13H2,1-7H3. The number of carbonyl (C=O) groups is 1. The Bertz CT molecular complexity index is 295. The summed E-state index contributed by atoms with van der Waals surface area (Å²) in [7, 11) is 1.46. The average Bonchev–Trinajstić information content (AvgIpc) is 2.44. The Kier molecular flexibility index (Phi) is 9.88. The van der Waals surface area contributed by atoms with Crippen molar-refractivity contribution in [1.29, 1.82) is 0 Å². The van der Waals surface area contributed by atoms with Crippen molar-refractivity contribution in [1.82, 2.24) is 10.2 Å². The molecule has 0 aliphatic carbocycles. The maximum absolute atomic E-state index is 12.0. The van der Waals surface area contributed by atoms with E-state index in [1.165, 1.54) is 13.5 Å². The molecule has 4 heteroatoms. The summed E-state index contributed by atoms with van der Waals surface area (Å²) in [4.78, 5) is 14.5. The van der Waals surface area contributed by atoms with Crippen molar-refractivity contribution < 1.29 is 9.53 Å². The molecule has 0 aliphatic rings. The van der Waals surface area contributed by atoms with Crippen molar-refractivity contribution >= 4 is 5.97 Å². The van der Waals surface area contributed by atoms with Gasteiger partial charge >= 0.3 is 5.97 Å².